The predicted molar refractivity (Wildman–Crippen MR) is 51.4 cm³/mol. The molecule has 0 unspecified atom stereocenters. The number of pyridine rings is 1. The number of hydrogen-bond acceptors (Lipinski definition) is 3. The summed E-state index contributed by atoms with van der Waals surface area (Å²) in [5, 5.41) is 8.57. The average Bonchev–Trinajstić information content (AvgIpc) is 2.14. The minimum atomic E-state index is -0.862. The maximum atomic E-state index is 10.4. The largest absolute Gasteiger partial charge is 0.492 e. The highest BCUT2D eigenvalue weighted by molar-refractivity contribution is 5.70. The highest BCUT2D eigenvalue weighted by atomic mass is 16.5. The molecule has 0 saturated heterocycles. The maximum Gasteiger partial charge on any atom is 0.307 e. The first-order valence-electron chi connectivity index (χ1n) is 4.51. The van der Waals surface area contributed by atoms with Gasteiger partial charge >= 0.3 is 5.97 Å². The summed E-state index contributed by atoms with van der Waals surface area (Å²) in [6.07, 6.45) is 4.02. The van der Waals surface area contributed by atoms with Crippen molar-refractivity contribution in [2.45, 2.75) is 19.8 Å². The van der Waals surface area contributed by atoms with E-state index in [9.17, 15) is 4.79 Å². The van der Waals surface area contributed by atoms with Gasteiger partial charge in [-0.25, -0.2) is 0 Å². The zero-order valence-electron chi connectivity index (χ0n) is 8.06. The van der Waals surface area contributed by atoms with Gasteiger partial charge in [-0.3, -0.25) is 9.78 Å². The van der Waals surface area contributed by atoms with Crippen LogP contribution in [0.4, 0.5) is 0 Å². The Morgan fingerprint density at radius 1 is 1.57 bits per heavy atom. The normalized spacial score (nSPS) is 9.79. The summed E-state index contributed by atoms with van der Waals surface area (Å²) >= 11 is 0. The third kappa shape index (κ3) is 3.43. The molecule has 4 nitrogen and oxygen atoms in total. The lowest BCUT2D eigenvalue weighted by Gasteiger charge is -2.04. The van der Waals surface area contributed by atoms with E-state index in [1.165, 1.54) is 6.20 Å². The molecule has 0 aliphatic carbocycles. The van der Waals surface area contributed by atoms with Crippen LogP contribution in [-0.2, 0) is 11.2 Å². The highest BCUT2D eigenvalue weighted by Gasteiger charge is 2.02. The summed E-state index contributed by atoms with van der Waals surface area (Å²) in [7, 11) is 0. The van der Waals surface area contributed by atoms with Crippen molar-refractivity contribution in [2.75, 3.05) is 6.61 Å². The molecule has 0 spiro atoms. The Morgan fingerprint density at radius 2 is 2.36 bits per heavy atom. The number of carboxylic acid groups (broad SMARTS) is 1. The number of rotatable bonds is 5. The first kappa shape index (κ1) is 10.5. The average molecular weight is 195 g/mol. The van der Waals surface area contributed by atoms with Crippen molar-refractivity contribution in [3.8, 4) is 5.75 Å². The van der Waals surface area contributed by atoms with E-state index in [0.29, 0.717) is 17.9 Å². The lowest BCUT2D eigenvalue weighted by molar-refractivity contribution is -0.136. The summed E-state index contributed by atoms with van der Waals surface area (Å²) in [5.74, 6) is -0.231. The standard InChI is InChI=1S/C10H13NO3/c1-2-3-14-9-4-8(5-10(12)13)6-11-7-9/h4,6-7H,2-3,5H2,1H3,(H,12,13). The van der Waals surface area contributed by atoms with E-state index in [0.717, 1.165) is 6.42 Å². The van der Waals surface area contributed by atoms with Gasteiger partial charge in [-0.2, -0.15) is 0 Å². The third-order valence-electron chi connectivity index (χ3n) is 1.60. The lowest BCUT2D eigenvalue weighted by Crippen LogP contribution is -2.02. The summed E-state index contributed by atoms with van der Waals surface area (Å²) < 4.78 is 5.32. The number of ether oxygens (including phenoxy) is 1. The lowest BCUT2D eigenvalue weighted by atomic mass is 10.2. The van der Waals surface area contributed by atoms with Gasteiger partial charge in [0.1, 0.15) is 5.75 Å². The van der Waals surface area contributed by atoms with Crippen LogP contribution < -0.4 is 4.74 Å². The number of carbonyl (C=O) groups is 1. The molecule has 1 N–H and O–H groups in total. The van der Waals surface area contributed by atoms with Crippen molar-refractivity contribution in [3.63, 3.8) is 0 Å². The molecular formula is C10H13NO3. The molecule has 0 bridgehead atoms. The van der Waals surface area contributed by atoms with Crippen LogP contribution in [0, 0.1) is 0 Å². The van der Waals surface area contributed by atoms with Crippen LogP contribution in [-0.4, -0.2) is 22.7 Å². The Labute approximate surface area is 82.5 Å². The summed E-state index contributed by atoms with van der Waals surface area (Å²) in [6, 6.07) is 1.71. The van der Waals surface area contributed by atoms with E-state index in [2.05, 4.69) is 4.98 Å². The van der Waals surface area contributed by atoms with Crippen LogP contribution in [0.25, 0.3) is 0 Å². The number of carboxylic acids is 1. The number of hydrogen-bond donors (Lipinski definition) is 1. The van der Waals surface area contributed by atoms with Gasteiger partial charge in [-0.15, -0.1) is 0 Å². The summed E-state index contributed by atoms with van der Waals surface area (Å²) in [6.45, 7) is 2.63. The van der Waals surface area contributed by atoms with Gasteiger partial charge in [0, 0.05) is 6.20 Å². The molecule has 1 heterocycles. The Morgan fingerprint density at radius 3 is 3.00 bits per heavy atom. The Bertz CT molecular complexity index is 312. The first-order chi connectivity index (χ1) is 6.72. The summed E-state index contributed by atoms with van der Waals surface area (Å²) in [4.78, 5) is 14.3. The maximum absolute atomic E-state index is 10.4. The Hall–Kier alpha value is -1.58. The smallest absolute Gasteiger partial charge is 0.307 e. The van der Waals surface area contributed by atoms with Crippen LogP contribution in [0.3, 0.4) is 0 Å². The van der Waals surface area contributed by atoms with Gasteiger partial charge < -0.3 is 9.84 Å². The van der Waals surface area contributed by atoms with E-state index in [-0.39, 0.29) is 6.42 Å². The molecule has 14 heavy (non-hydrogen) atoms. The molecular weight excluding hydrogens is 182 g/mol. The fourth-order valence-electron chi connectivity index (χ4n) is 1.03. The monoisotopic (exact) mass is 195 g/mol. The number of aliphatic carboxylic acids is 1. The molecule has 0 aliphatic heterocycles. The highest BCUT2D eigenvalue weighted by Crippen LogP contribution is 2.11. The number of aromatic nitrogens is 1. The minimum Gasteiger partial charge on any atom is -0.492 e. The second kappa shape index (κ2) is 5.21. The molecule has 4 heteroatoms. The van der Waals surface area contributed by atoms with Gasteiger partial charge in [0.05, 0.1) is 19.2 Å². The Kier molecular flexibility index (Phi) is 3.91. The van der Waals surface area contributed by atoms with Crippen LogP contribution in [0.2, 0.25) is 0 Å². The molecule has 0 radical (unpaired) electrons. The molecule has 76 valence electrons. The molecule has 0 fully saturated rings. The third-order valence-corrected chi connectivity index (χ3v) is 1.60. The summed E-state index contributed by atoms with van der Waals surface area (Å²) in [5.41, 5.74) is 0.658. The van der Waals surface area contributed by atoms with E-state index in [4.69, 9.17) is 9.84 Å². The van der Waals surface area contributed by atoms with Gasteiger partial charge in [0.25, 0.3) is 0 Å². The van der Waals surface area contributed by atoms with Crippen molar-refractivity contribution in [1.29, 1.82) is 0 Å². The Balaban J connectivity index is 2.63. The van der Waals surface area contributed by atoms with Crippen molar-refractivity contribution in [3.05, 3.63) is 24.0 Å². The SMILES string of the molecule is CCCOc1cncc(CC(=O)O)c1. The van der Waals surface area contributed by atoms with E-state index in [1.807, 2.05) is 6.92 Å². The fraction of sp³-hybridized carbons (Fsp3) is 0.400. The van der Waals surface area contributed by atoms with Gasteiger partial charge in [-0.1, -0.05) is 6.92 Å². The van der Waals surface area contributed by atoms with Crippen molar-refractivity contribution >= 4 is 5.97 Å². The molecule has 0 aliphatic rings. The number of nitrogens with zero attached hydrogens (tertiary/aromatic N) is 1. The second-order valence-electron chi connectivity index (χ2n) is 2.95. The van der Waals surface area contributed by atoms with Crippen LogP contribution in [0.5, 0.6) is 5.75 Å². The van der Waals surface area contributed by atoms with E-state index < -0.39 is 5.97 Å². The van der Waals surface area contributed by atoms with Gasteiger partial charge in [-0.05, 0) is 18.1 Å². The van der Waals surface area contributed by atoms with Crippen LogP contribution in [0.1, 0.15) is 18.9 Å². The predicted octanol–water partition coefficient (Wildman–Crippen LogP) is 1.50. The molecule has 0 amide bonds. The van der Waals surface area contributed by atoms with Crippen molar-refractivity contribution in [1.82, 2.24) is 4.98 Å². The molecule has 0 saturated carbocycles. The van der Waals surface area contributed by atoms with E-state index >= 15 is 0 Å². The zero-order valence-corrected chi connectivity index (χ0v) is 8.06. The fourth-order valence-corrected chi connectivity index (χ4v) is 1.03. The quantitative estimate of drug-likeness (QED) is 0.773. The molecule has 0 atom stereocenters. The molecule has 1 aromatic heterocycles. The van der Waals surface area contributed by atoms with E-state index in [1.54, 1.807) is 12.3 Å². The molecule has 0 aromatic carbocycles. The second-order valence-corrected chi connectivity index (χ2v) is 2.95. The first-order valence-corrected chi connectivity index (χ1v) is 4.51. The van der Waals surface area contributed by atoms with Gasteiger partial charge in [0.15, 0.2) is 0 Å². The van der Waals surface area contributed by atoms with Crippen molar-refractivity contribution in [2.24, 2.45) is 0 Å². The zero-order chi connectivity index (χ0) is 10.4. The van der Waals surface area contributed by atoms with Crippen molar-refractivity contribution < 1.29 is 14.6 Å². The van der Waals surface area contributed by atoms with Gasteiger partial charge in [0.2, 0.25) is 0 Å². The topological polar surface area (TPSA) is 59.4 Å². The molecule has 1 rings (SSSR count). The van der Waals surface area contributed by atoms with Crippen LogP contribution in [0.15, 0.2) is 18.5 Å². The molecule has 1 aromatic rings. The van der Waals surface area contributed by atoms with Crippen LogP contribution >= 0.6 is 0 Å². The minimum absolute atomic E-state index is 0.0175.